The third-order valence-electron chi connectivity index (χ3n) is 2.47. The van der Waals surface area contributed by atoms with E-state index >= 15 is 0 Å². The minimum absolute atomic E-state index is 0.0533. The van der Waals surface area contributed by atoms with E-state index in [9.17, 15) is 4.79 Å². The molecule has 0 aromatic carbocycles. The van der Waals surface area contributed by atoms with Gasteiger partial charge in [-0.2, -0.15) is 0 Å². The molecule has 5 heteroatoms. The average Bonchev–Trinajstić information content (AvgIpc) is 2.66. The molecule has 1 aliphatic heterocycles. The Morgan fingerprint density at radius 1 is 1.53 bits per heavy atom. The van der Waals surface area contributed by atoms with Gasteiger partial charge in [0.15, 0.2) is 0 Å². The first-order valence-electron chi connectivity index (χ1n) is 5.01. The molecule has 15 heavy (non-hydrogen) atoms. The topological polar surface area (TPSA) is 41.1 Å². The molecule has 0 radical (unpaired) electrons. The maximum Gasteiger partial charge on any atom is 0.261 e. The van der Waals surface area contributed by atoms with Gasteiger partial charge in [0.2, 0.25) is 0 Å². The van der Waals surface area contributed by atoms with Crippen molar-refractivity contribution in [3.8, 4) is 0 Å². The molecule has 3 nitrogen and oxygen atoms in total. The van der Waals surface area contributed by atoms with Gasteiger partial charge in [-0.25, -0.2) is 0 Å². The molecule has 0 aliphatic carbocycles. The Bertz CT molecular complexity index is 347. The minimum Gasteiger partial charge on any atom is -0.349 e. The van der Waals surface area contributed by atoms with Crippen molar-refractivity contribution in [2.24, 2.45) is 0 Å². The predicted octanol–water partition coefficient (Wildman–Crippen LogP) is 1.99. The van der Waals surface area contributed by atoms with E-state index in [1.165, 1.54) is 11.3 Å². The Kier molecular flexibility index (Phi) is 3.77. The van der Waals surface area contributed by atoms with Crippen LogP contribution in [0.15, 0.2) is 15.9 Å². The van der Waals surface area contributed by atoms with Crippen LogP contribution >= 0.6 is 27.3 Å². The Balaban J connectivity index is 1.91. The summed E-state index contributed by atoms with van der Waals surface area (Å²) < 4.78 is 0.975. The summed E-state index contributed by atoms with van der Waals surface area (Å²) in [6, 6.07) is 2.20. The lowest BCUT2D eigenvalue weighted by Gasteiger charge is -2.23. The number of amides is 1. The quantitative estimate of drug-likeness (QED) is 0.874. The highest BCUT2D eigenvalue weighted by atomic mass is 79.9. The van der Waals surface area contributed by atoms with Crippen molar-refractivity contribution in [2.45, 2.75) is 18.9 Å². The van der Waals surface area contributed by atoms with Gasteiger partial charge in [-0.05, 0) is 47.9 Å². The molecular formula is C10H13BrN2OS. The SMILES string of the molecule is O=C(NC1CCNCC1)c1cc(Br)cs1. The van der Waals surface area contributed by atoms with Crippen LogP contribution < -0.4 is 10.6 Å². The highest BCUT2D eigenvalue weighted by Gasteiger charge is 2.17. The van der Waals surface area contributed by atoms with Crippen LogP contribution in [0.3, 0.4) is 0 Å². The number of hydrogen-bond donors (Lipinski definition) is 2. The summed E-state index contributed by atoms with van der Waals surface area (Å²) in [5.41, 5.74) is 0. The van der Waals surface area contributed by atoms with Crippen molar-refractivity contribution >= 4 is 33.2 Å². The summed E-state index contributed by atoms with van der Waals surface area (Å²) in [5.74, 6) is 0.0533. The van der Waals surface area contributed by atoms with E-state index < -0.39 is 0 Å². The molecule has 82 valence electrons. The lowest BCUT2D eigenvalue weighted by atomic mass is 10.1. The number of carbonyl (C=O) groups is 1. The van der Waals surface area contributed by atoms with Crippen LogP contribution in [0.1, 0.15) is 22.5 Å². The molecule has 1 aliphatic rings. The molecule has 1 saturated heterocycles. The van der Waals surface area contributed by atoms with Gasteiger partial charge in [-0.15, -0.1) is 11.3 Å². The Labute approximate surface area is 101 Å². The number of nitrogens with one attached hydrogen (secondary N) is 2. The van der Waals surface area contributed by atoms with Gasteiger partial charge in [0.1, 0.15) is 0 Å². The van der Waals surface area contributed by atoms with Crippen molar-refractivity contribution < 1.29 is 4.79 Å². The third kappa shape index (κ3) is 3.03. The monoisotopic (exact) mass is 288 g/mol. The van der Waals surface area contributed by atoms with Crippen LogP contribution in [0, 0.1) is 0 Å². The predicted molar refractivity (Wildman–Crippen MR) is 65.4 cm³/mol. The summed E-state index contributed by atoms with van der Waals surface area (Å²) in [7, 11) is 0. The van der Waals surface area contributed by atoms with Crippen molar-refractivity contribution in [2.75, 3.05) is 13.1 Å². The summed E-state index contributed by atoms with van der Waals surface area (Å²) in [6.45, 7) is 2.00. The van der Waals surface area contributed by atoms with Crippen LogP contribution in [0.25, 0.3) is 0 Å². The van der Waals surface area contributed by atoms with Gasteiger partial charge < -0.3 is 10.6 Å². The van der Waals surface area contributed by atoms with Gasteiger partial charge in [0.05, 0.1) is 4.88 Å². The van der Waals surface area contributed by atoms with Gasteiger partial charge in [-0.3, -0.25) is 4.79 Å². The Morgan fingerprint density at radius 3 is 2.87 bits per heavy atom. The zero-order valence-electron chi connectivity index (χ0n) is 8.25. The first kappa shape index (κ1) is 11.1. The number of thiophene rings is 1. The molecule has 1 amide bonds. The first-order valence-corrected chi connectivity index (χ1v) is 6.68. The van der Waals surface area contributed by atoms with Crippen molar-refractivity contribution in [3.63, 3.8) is 0 Å². The fraction of sp³-hybridized carbons (Fsp3) is 0.500. The van der Waals surface area contributed by atoms with Gasteiger partial charge in [0.25, 0.3) is 5.91 Å². The molecule has 1 aromatic rings. The molecule has 0 spiro atoms. The summed E-state index contributed by atoms with van der Waals surface area (Å²) >= 11 is 4.82. The van der Waals surface area contributed by atoms with E-state index in [4.69, 9.17) is 0 Å². The Morgan fingerprint density at radius 2 is 2.27 bits per heavy atom. The van der Waals surface area contributed by atoms with E-state index in [1.54, 1.807) is 0 Å². The van der Waals surface area contributed by atoms with Gasteiger partial charge in [0, 0.05) is 15.9 Å². The number of halogens is 1. The van der Waals surface area contributed by atoms with Crippen molar-refractivity contribution in [3.05, 3.63) is 20.8 Å². The fourth-order valence-electron chi connectivity index (χ4n) is 1.65. The molecule has 1 aromatic heterocycles. The summed E-state index contributed by atoms with van der Waals surface area (Å²) in [6.07, 6.45) is 2.05. The number of carbonyl (C=O) groups excluding carboxylic acids is 1. The van der Waals surface area contributed by atoms with Crippen molar-refractivity contribution in [1.29, 1.82) is 0 Å². The largest absolute Gasteiger partial charge is 0.349 e. The molecule has 1 fully saturated rings. The number of hydrogen-bond acceptors (Lipinski definition) is 3. The standard InChI is InChI=1S/C10H13BrN2OS/c11-7-5-9(15-6-7)10(14)13-8-1-3-12-4-2-8/h5-6,8,12H,1-4H2,(H,13,14). The molecule has 0 saturated carbocycles. The molecule has 0 bridgehead atoms. The lowest BCUT2D eigenvalue weighted by Crippen LogP contribution is -2.42. The maximum atomic E-state index is 11.8. The van der Waals surface area contributed by atoms with Crippen molar-refractivity contribution in [1.82, 2.24) is 10.6 Å². The van der Waals surface area contributed by atoms with Gasteiger partial charge in [-0.1, -0.05) is 0 Å². The lowest BCUT2D eigenvalue weighted by molar-refractivity contribution is 0.0933. The van der Waals surface area contributed by atoms with E-state index in [0.717, 1.165) is 35.3 Å². The van der Waals surface area contributed by atoms with E-state index in [1.807, 2.05) is 11.4 Å². The molecule has 0 atom stereocenters. The molecular weight excluding hydrogens is 276 g/mol. The minimum atomic E-state index is 0.0533. The summed E-state index contributed by atoms with van der Waals surface area (Å²) in [4.78, 5) is 12.6. The van der Waals surface area contributed by atoms with Crippen LogP contribution in [-0.4, -0.2) is 25.0 Å². The average molecular weight is 289 g/mol. The smallest absolute Gasteiger partial charge is 0.261 e. The highest BCUT2D eigenvalue weighted by molar-refractivity contribution is 9.10. The van der Waals surface area contributed by atoms with Crippen LogP contribution in [-0.2, 0) is 0 Å². The zero-order valence-corrected chi connectivity index (χ0v) is 10.7. The molecule has 2 N–H and O–H groups in total. The van der Waals surface area contributed by atoms with E-state index in [0.29, 0.717) is 6.04 Å². The zero-order chi connectivity index (χ0) is 10.7. The number of piperidine rings is 1. The summed E-state index contributed by atoms with van der Waals surface area (Å²) in [5, 5.41) is 8.26. The Hall–Kier alpha value is -0.390. The van der Waals surface area contributed by atoms with Crippen LogP contribution in [0.5, 0.6) is 0 Å². The van der Waals surface area contributed by atoms with E-state index in [-0.39, 0.29) is 5.91 Å². The molecule has 2 rings (SSSR count). The fourth-order valence-corrected chi connectivity index (χ4v) is 2.98. The highest BCUT2D eigenvalue weighted by Crippen LogP contribution is 2.19. The molecule has 2 heterocycles. The molecule has 0 unspecified atom stereocenters. The second-order valence-corrected chi connectivity index (χ2v) is 5.45. The van der Waals surface area contributed by atoms with Crippen LogP contribution in [0.4, 0.5) is 0 Å². The first-order chi connectivity index (χ1) is 7.25. The number of rotatable bonds is 2. The second kappa shape index (κ2) is 5.09. The third-order valence-corrected chi connectivity index (χ3v) is 4.16. The van der Waals surface area contributed by atoms with Gasteiger partial charge >= 0.3 is 0 Å². The van der Waals surface area contributed by atoms with Crippen LogP contribution in [0.2, 0.25) is 0 Å². The second-order valence-electron chi connectivity index (χ2n) is 3.63. The maximum absolute atomic E-state index is 11.8. The van der Waals surface area contributed by atoms with E-state index in [2.05, 4.69) is 26.6 Å². The normalized spacial score (nSPS) is 17.7.